The molecule has 18 heavy (non-hydrogen) atoms. The first-order valence-corrected chi connectivity index (χ1v) is 6.81. The summed E-state index contributed by atoms with van der Waals surface area (Å²) in [6, 6.07) is -0.361. The zero-order valence-corrected chi connectivity index (χ0v) is 11.3. The van der Waals surface area contributed by atoms with E-state index in [1.54, 1.807) is 0 Å². The third-order valence-electron chi connectivity index (χ3n) is 2.82. The van der Waals surface area contributed by atoms with Crippen molar-refractivity contribution in [3.8, 4) is 0 Å². The summed E-state index contributed by atoms with van der Waals surface area (Å²) >= 11 is 0. The van der Waals surface area contributed by atoms with Crippen molar-refractivity contribution in [1.29, 1.82) is 0 Å². The molecule has 1 unspecified atom stereocenters. The van der Waals surface area contributed by atoms with Crippen LogP contribution in [0.4, 0.5) is 0 Å². The molecule has 0 aromatic carbocycles. The van der Waals surface area contributed by atoms with Gasteiger partial charge in [-0.15, -0.1) is 4.99 Å². The van der Waals surface area contributed by atoms with Crippen molar-refractivity contribution in [2.45, 2.75) is 57.9 Å². The van der Waals surface area contributed by atoms with E-state index >= 15 is 0 Å². The number of isocyanates is 1. The maximum atomic E-state index is 11.5. The second-order valence-corrected chi connectivity index (χ2v) is 4.39. The van der Waals surface area contributed by atoms with Crippen LogP contribution in [0.15, 0.2) is 4.99 Å². The summed E-state index contributed by atoms with van der Waals surface area (Å²) in [6.45, 7) is 3.56. The SMILES string of the molecule is CCCCCCNC(CCCCN)C(=O)N=C=O. The molecule has 0 fully saturated rings. The van der Waals surface area contributed by atoms with Crippen LogP contribution in [0.5, 0.6) is 0 Å². The van der Waals surface area contributed by atoms with Crippen molar-refractivity contribution in [2.24, 2.45) is 10.7 Å². The number of rotatable bonds is 11. The second-order valence-electron chi connectivity index (χ2n) is 4.39. The van der Waals surface area contributed by atoms with Gasteiger partial charge in [0.2, 0.25) is 6.08 Å². The number of hydrogen-bond acceptors (Lipinski definition) is 4. The van der Waals surface area contributed by atoms with Crippen LogP contribution >= 0.6 is 0 Å². The van der Waals surface area contributed by atoms with Crippen molar-refractivity contribution in [1.82, 2.24) is 5.32 Å². The van der Waals surface area contributed by atoms with E-state index < -0.39 is 5.91 Å². The average Bonchev–Trinajstić information content (AvgIpc) is 2.37. The van der Waals surface area contributed by atoms with Gasteiger partial charge in [-0.3, -0.25) is 4.79 Å². The molecular formula is C13H25N3O2. The molecule has 0 saturated carbocycles. The largest absolute Gasteiger partial charge is 0.330 e. The number of aliphatic imine (C=N–C) groups is 1. The van der Waals surface area contributed by atoms with Crippen LogP contribution in [-0.2, 0) is 9.59 Å². The number of unbranched alkanes of at least 4 members (excludes halogenated alkanes) is 4. The number of nitrogens with zero attached hydrogens (tertiary/aromatic N) is 1. The van der Waals surface area contributed by atoms with E-state index in [9.17, 15) is 9.59 Å². The molecule has 0 aromatic heterocycles. The van der Waals surface area contributed by atoms with Gasteiger partial charge in [-0.2, -0.15) is 0 Å². The third kappa shape index (κ3) is 9.05. The molecule has 5 heteroatoms. The Bertz CT molecular complexity index is 263. The lowest BCUT2D eigenvalue weighted by molar-refractivity contribution is -0.119. The normalized spacial score (nSPS) is 11.9. The first-order valence-electron chi connectivity index (χ1n) is 6.81. The van der Waals surface area contributed by atoms with Gasteiger partial charge in [0.15, 0.2) is 0 Å². The molecule has 0 aliphatic heterocycles. The predicted octanol–water partition coefficient (Wildman–Crippen LogP) is 1.52. The van der Waals surface area contributed by atoms with E-state index in [2.05, 4.69) is 17.2 Å². The third-order valence-corrected chi connectivity index (χ3v) is 2.82. The molecule has 3 N–H and O–H groups in total. The van der Waals surface area contributed by atoms with E-state index in [-0.39, 0.29) is 6.04 Å². The topological polar surface area (TPSA) is 84.5 Å². The van der Waals surface area contributed by atoms with Crippen LogP contribution in [0.1, 0.15) is 51.9 Å². The Balaban J connectivity index is 3.96. The molecule has 0 aliphatic carbocycles. The van der Waals surface area contributed by atoms with Crippen LogP contribution < -0.4 is 11.1 Å². The summed E-state index contributed by atoms with van der Waals surface area (Å²) in [6.07, 6.45) is 8.33. The Morgan fingerprint density at radius 1 is 1.28 bits per heavy atom. The highest BCUT2D eigenvalue weighted by Gasteiger charge is 2.16. The lowest BCUT2D eigenvalue weighted by atomic mass is 10.1. The van der Waals surface area contributed by atoms with Crippen LogP contribution in [0, 0.1) is 0 Å². The molecule has 1 amide bonds. The number of hydrogen-bond donors (Lipinski definition) is 2. The maximum Gasteiger partial charge on any atom is 0.273 e. The summed E-state index contributed by atoms with van der Waals surface area (Å²) in [5.41, 5.74) is 5.41. The Hall–Kier alpha value is -1.03. The minimum Gasteiger partial charge on any atom is -0.330 e. The van der Waals surface area contributed by atoms with Crippen molar-refractivity contribution in [3.05, 3.63) is 0 Å². The fraction of sp³-hybridized carbons (Fsp3) is 0.846. The molecular weight excluding hydrogens is 230 g/mol. The first kappa shape index (κ1) is 17.0. The summed E-state index contributed by atoms with van der Waals surface area (Å²) in [7, 11) is 0. The van der Waals surface area contributed by atoms with Gasteiger partial charge in [-0.05, 0) is 32.4 Å². The summed E-state index contributed by atoms with van der Waals surface area (Å²) in [4.78, 5) is 24.8. The standard InChI is InChI=1S/C13H25N3O2/c1-2-3-4-7-10-15-12(8-5-6-9-14)13(18)16-11-17/h12,15H,2-10,14H2,1H3. The Morgan fingerprint density at radius 3 is 2.67 bits per heavy atom. The molecule has 0 bridgehead atoms. The fourth-order valence-electron chi connectivity index (χ4n) is 1.76. The Kier molecular flexibility index (Phi) is 11.7. The molecule has 0 saturated heterocycles. The van der Waals surface area contributed by atoms with Crippen LogP contribution in [0.3, 0.4) is 0 Å². The molecule has 1 atom stereocenters. The van der Waals surface area contributed by atoms with Gasteiger partial charge < -0.3 is 11.1 Å². The number of carbonyl (C=O) groups is 1. The minimum atomic E-state index is -0.419. The Morgan fingerprint density at radius 2 is 2.06 bits per heavy atom. The van der Waals surface area contributed by atoms with Crippen LogP contribution in [0.25, 0.3) is 0 Å². The lowest BCUT2D eigenvalue weighted by Crippen LogP contribution is -2.36. The molecule has 0 aliphatic rings. The van der Waals surface area contributed by atoms with Gasteiger partial charge in [0.05, 0.1) is 6.04 Å². The van der Waals surface area contributed by atoms with Gasteiger partial charge in [-0.1, -0.05) is 32.6 Å². The van der Waals surface area contributed by atoms with Gasteiger partial charge in [0.1, 0.15) is 0 Å². The smallest absolute Gasteiger partial charge is 0.273 e. The highest BCUT2D eigenvalue weighted by atomic mass is 16.2. The first-order chi connectivity index (χ1) is 8.76. The molecule has 0 rings (SSSR count). The van der Waals surface area contributed by atoms with Gasteiger partial charge in [0, 0.05) is 0 Å². The molecule has 0 heterocycles. The van der Waals surface area contributed by atoms with Crippen LogP contribution in [0.2, 0.25) is 0 Å². The van der Waals surface area contributed by atoms with E-state index in [1.807, 2.05) is 0 Å². The zero-order valence-electron chi connectivity index (χ0n) is 11.3. The van der Waals surface area contributed by atoms with Gasteiger partial charge >= 0.3 is 0 Å². The highest BCUT2D eigenvalue weighted by Crippen LogP contribution is 2.04. The highest BCUT2D eigenvalue weighted by molar-refractivity contribution is 5.86. The minimum absolute atomic E-state index is 0.361. The fourth-order valence-corrected chi connectivity index (χ4v) is 1.76. The number of amides is 1. The van der Waals surface area contributed by atoms with Gasteiger partial charge in [-0.25, -0.2) is 4.79 Å². The average molecular weight is 255 g/mol. The van der Waals surface area contributed by atoms with E-state index in [4.69, 9.17) is 5.73 Å². The second kappa shape index (κ2) is 12.4. The van der Waals surface area contributed by atoms with E-state index in [1.165, 1.54) is 18.9 Å². The zero-order chi connectivity index (χ0) is 13.6. The lowest BCUT2D eigenvalue weighted by Gasteiger charge is -2.14. The van der Waals surface area contributed by atoms with Crippen molar-refractivity contribution in [2.75, 3.05) is 13.1 Å². The van der Waals surface area contributed by atoms with E-state index in [0.717, 1.165) is 32.2 Å². The Labute approximate surface area is 109 Å². The quantitative estimate of drug-likeness (QED) is 0.333. The summed E-state index contributed by atoms with van der Waals surface area (Å²) in [5.74, 6) is -0.419. The number of nitrogens with two attached hydrogens (primary N) is 1. The van der Waals surface area contributed by atoms with Crippen LogP contribution in [-0.4, -0.2) is 31.1 Å². The molecule has 0 spiro atoms. The monoisotopic (exact) mass is 255 g/mol. The molecule has 0 aromatic rings. The van der Waals surface area contributed by atoms with Gasteiger partial charge in [0.25, 0.3) is 5.91 Å². The molecule has 0 radical (unpaired) electrons. The van der Waals surface area contributed by atoms with Crippen molar-refractivity contribution in [3.63, 3.8) is 0 Å². The summed E-state index contributed by atoms with van der Waals surface area (Å²) < 4.78 is 0. The number of nitrogens with one attached hydrogen (secondary N) is 1. The molecule has 104 valence electrons. The van der Waals surface area contributed by atoms with E-state index in [0.29, 0.717) is 13.0 Å². The summed E-state index contributed by atoms with van der Waals surface area (Å²) in [5, 5.41) is 3.16. The number of carbonyl (C=O) groups excluding carboxylic acids is 2. The van der Waals surface area contributed by atoms with Crippen molar-refractivity contribution >= 4 is 12.0 Å². The van der Waals surface area contributed by atoms with Crippen molar-refractivity contribution < 1.29 is 9.59 Å². The maximum absolute atomic E-state index is 11.5. The predicted molar refractivity (Wildman–Crippen MR) is 72.0 cm³/mol. The molecule has 5 nitrogen and oxygen atoms in total.